The molecule has 0 saturated carbocycles. The third-order valence-electron chi connectivity index (χ3n) is 4.84. The molecule has 2 amide bonds. The molecule has 0 spiro atoms. The molecule has 26 heavy (non-hydrogen) atoms. The number of nitrogens with one attached hydrogen (secondary N) is 2. The van der Waals surface area contributed by atoms with Crippen molar-refractivity contribution in [2.24, 2.45) is 0 Å². The first kappa shape index (κ1) is 16.3. The lowest BCUT2D eigenvalue weighted by molar-refractivity contribution is -0.128. The van der Waals surface area contributed by atoms with Gasteiger partial charge in [-0.25, -0.2) is 4.98 Å². The number of benzene rings is 2. The van der Waals surface area contributed by atoms with Crippen molar-refractivity contribution in [1.82, 2.24) is 20.2 Å². The fourth-order valence-electron chi connectivity index (χ4n) is 3.50. The Morgan fingerprint density at radius 3 is 2.88 bits per heavy atom. The lowest BCUT2D eigenvalue weighted by atomic mass is 10.0. The van der Waals surface area contributed by atoms with Crippen LogP contribution in [0.25, 0.3) is 10.8 Å². The van der Waals surface area contributed by atoms with E-state index in [1.807, 2.05) is 23.1 Å². The summed E-state index contributed by atoms with van der Waals surface area (Å²) in [6.45, 7) is 2.86. The molecule has 0 unspecified atom stereocenters. The Balaban J connectivity index is 1.46. The number of aryl methyl sites for hydroxylation is 1. The summed E-state index contributed by atoms with van der Waals surface area (Å²) in [6, 6.07) is 14.1. The fourth-order valence-corrected chi connectivity index (χ4v) is 3.50. The predicted molar refractivity (Wildman–Crippen MR) is 98.6 cm³/mol. The maximum Gasteiger partial charge on any atom is 0.272 e. The van der Waals surface area contributed by atoms with Gasteiger partial charge in [0, 0.05) is 25.2 Å². The molecule has 2 N–H and O–H groups in total. The van der Waals surface area contributed by atoms with Crippen molar-refractivity contribution in [1.29, 1.82) is 0 Å². The molecule has 2 aromatic carbocycles. The average Bonchev–Trinajstić information content (AvgIpc) is 3.21. The molecule has 1 aliphatic heterocycles. The molecule has 1 atom stereocenters. The van der Waals surface area contributed by atoms with Crippen LogP contribution < -0.4 is 5.32 Å². The molecule has 0 bridgehead atoms. The van der Waals surface area contributed by atoms with Gasteiger partial charge >= 0.3 is 0 Å². The minimum Gasteiger partial charge on any atom is -0.348 e. The van der Waals surface area contributed by atoms with Crippen molar-refractivity contribution in [2.75, 3.05) is 6.54 Å². The highest BCUT2D eigenvalue weighted by molar-refractivity contribution is 5.94. The van der Waals surface area contributed by atoms with E-state index < -0.39 is 0 Å². The van der Waals surface area contributed by atoms with Gasteiger partial charge in [0.25, 0.3) is 5.91 Å². The van der Waals surface area contributed by atoms with Gasteiger partial charge in [0.1, 0.15) is 5.69 Å². The number of hydrogen-bond donors (Lipinski definition) is 2. The smallest absolute Gasteiger partial charge is 0.272 e. The van der Waals surface area contributed by atoms with E-state index in [4.69, 9.17) is 0 Å². The molecule has 1 fully saturated rings. The van der Waals surface area contributed by atoms with E-state index in [2.05, 4.69) is 39.6 Å². The number of aromatic nitrogens is 2. The Morgan fingerprint density at radius 1 is 1.27 bits per heavy atom. The van der Waals surface area contributed by atoms with Crippen LogP contribution in [0.3, 0.4) is 0 Å². The molecule has 1 aromatic heterocycles. The van der Waals surface area contributed by atoms with Gasteiger partial charge < -0.3 is 15.2 Å². The van der Waals surface area contributed by atoms with E-state index in [9.17, 15) is 9.59 Å². The third-order valence-corrected chi connectivity index (χ3v) is 4.84. The summed E-state index contributed by atoms with van der Waals surface area (Å²) in [4.78, 5) is 33.5. The lowest BCUT2D eigenvalue weighted by Gasteiger charge is -2.18. The number of hydrogen-bond acceptors (Lipinski definition) is 3. The number of aromatic amines is 1. The number of likely N-dealkylation sites (tertiary alicyclic amines) is 1. The molecule has 0 aliphatic carbocycles. The number of amides is 2. The normalized spacial score (nSPS) is 17.0. The second kappa shape index (κ2) is 6.63. The number of H-pyrrole nitrogens is 1. The molecule has 6 nitrogen and oxygen atoms in total. The first-order chi connectivity index (χ1) is 12.6. The summed E-state index contributed by atoms with van der Waals surface area (Å²) in [6.07, 6.45) is 1.82. The number of carbonyl (C=O) groups excluding carboxylic acids is 2. The largest absolute Gasteiger partial charge is 0.348 e. The quantitative estimate of drug-likeness (QED) is 0.760. The molecule has 1 saturated heterocycles. The van der Waals surface area contributed by atoms with E-state index in [1.165, 1.54) is 6.33 Å². The number of fused-ring (bicyclic) bond motifs is 1. The Labute approximate surface area is 151 Å². The van der Waals surface area contributed by atoms with Crippen molar-refractivity contribution in [3.8, 4) is 0 Å². The monoisotopic (exact) mass is 348 g/mol. The Bertz CT molecular complexity index is 973. The number of rotatable bonds is 4. The van der Waals surface area contributed by atoms with Gasteiger partial charge in [0.2, 0.25) is 5.91 Å². The maximum absolute atomic E-state index is 12.4. The summed E-state index contributed by atoms with van der Waals surface area (Å²) in [5.41, 5.74) is 2.22. The molecule has 0 radical (unpaired) electrons. The Kier molecular flexibility index (Phi) is 4.16. The average molecular weight is 348 g/mol. The van der Waals surface area contributed by atoms with Crippen molar-refractivity contribution in [3.63, 3.8) is 0 Å². The fraction of sp³-hybridized carbons (Fsp3) is 0.250. The third kappa shape index (κ3) is 3.06. The molecule has 4 rings (SSSR count). The van der Waals surface area contributed by atoms with Gasteiger partial charge in [-0.15, -0.1) is 0 Å². The van der Waals surface area contributed by atoms with Gasteiger partial charge in [-0.3, -0.25) is 9.59 Å². The van der Waals surface area contributed by atoms with E-state index in [0.717, 1.165) is 22.0 Å². The van der Waals surface area contributed by atoms with Gasteiger partial charge in [-0.2, -0.15) is 0 Å². The van der Waals surface area contributed by atoms with Crippen LogP contribution in [-0.2, 0) is 11.3 Å². The van der Waals surface area contributed by atoms with Crippen LogP contribution in [0.1, 0.15) is 28.2 Å². The molecule has 2 heterocycles. The highest BCUT2D eigenvalue weighted by Gasteiger charge is 2.31. The van der Waals surface area contributed by atoms with Crippen LogP contribution in [0.4, 0.5) is 0 Å². The van der Waals surface area contributed by atoms with E-state index in [0.29, 0.717) is 25.2 Å². The first-order valence-electron chi connectivity index (χ1n) is 8.67. The van der Waals surface area contributed by atoms with E-state index >= 15 is 0 Å². The van der Waals surface area contributed by atoms with Gasteiger partial charge in [0.05, 0.1) is 12.4 Å². The van der Waals surface area contributed by atoms with Crippen LogP contribution >= 0.6 is 0 Å². The van der Waals surface area contributed by atoms with Crippen LogP contribution in [0.15, 0.2) is 48.8 Å². The zero-order valence-electron chi connectivity index (χ0n) is 14.5. The van der Waals surface area contributed by atoms with Crippen LogP contribution in [0.2, 0.25) is 0 Å². The van der Waals surface area contributed by atoms with Crippen LogP contribution in [0.5, 0.6) is 0 Å². The second-order valence-corrected chi connectivity index (χ2v) is 6.66. The van der Waals surface area contributed by atoms with Crippen LogP contribution in [-0.4, -0.2) is 39.3 Å². The Morgan fingerprint density at radius 2 is 2.08 bits per heavy atom. The summed E-state index contributed by atoms with van der Waals surface area (Å²) >= 11 is 0. The topological polar surface area (TPSA) is 78.1 Å². The number of nitrogens with zero attached hydrogens (tertiary/aromatic N) is 2. The van der Waals surface area contributed by atoms with Crippen LogP contribution in [0, 0.1) is 6.92 Å². The van der Waals surface area contributed by atoms with Gasteiger partial charge in [0.15, 0.2) is 0 Å². The zero-order chi connectivity index (χ0) is 18.1. The van der Waals surface area contributed by atoms with E-state index in [1.54, 1.807) is 6.92 Å². The van der Waals surface area contributed by atoms with Gasteiger partial charge in [-0.05, 0) is 23.3 Å². The number of carbonyl (C=O) groups is 2. The molecule has 6 heteroatoms. The van der Waals surface area contributed by atoms with Crippen molar-refractivity contribution in [3.05, 3.63) is 65.7 Å². The minimum atomic E-state index is -0.242. The summed E-state index contributed by atoms with van der Waals surface area (Å²) in [5.74, 6) is -0.185. The lowest BCUT2D eigenvalue weighted by Crippen LogP contribution is -2.37. The van der Waals surface area contributed by atoms with Crippen molar-refractivity contribution in [2.45, 2.75) is 25.9 Å². The zero-order valence-corrected chi connectivity index (χ0v) is 14.5. The molecular formula is C20H20N4O2. The summed E-state index contributed by atoms with van der Waals surface area (Å²) in [5, 5.41) is 5.24. The standard InChI is InChI=1S/C20H20N4O2/c1-13-19(22-12-21-13)20(26)23-16-9-18(25)24(11-16)10-15-7-4-6-14-5-2-3-8-17(14)15/h2-8,12,16H,9-11H2,1H3,(H,21,22)(H,23,26)/t16-/m0/s1. The summed E-state index contributed by atoms with van der Waals surface area (Å²) in [7, 11) is 0. The van der Waals surface area contributed by atoms with E-state index in [-0.39, 0.29) is 17.9 Å². The molecule has 3 aromatic rings. The molecular weight excluding hydrogens is 328 g/mol. The SMILES string of the molecule is Cc1[nH]cnc1C(=O)N[C@H]1CC(=O)N(Cc2cccc3ccccc23)C1. The highest BCUT2D eigenvalue weighted by Crippen LogP contribution is 2.22. The second-order valence-electron chi connectivity index (χ2n) is 6.66. The van der Waals surface area contributed by atoms with Gasteiger partial charge in [-0.1, -0.05) is 42.5 Å². The first-order valence-corrected chi connectivity index (χ1v) is 8.67. The molecule has 132 valence electrons. The van der Waals surface area contributed by atoms with Crippen molar-refractivity contribution < 1.29 is 9.59 Å². The molecule has 1 aliphatic rings. The van der Waals surface area contributed by atoms with Crippen molar-refractivity contribution >= 4 is 22.6 Å². The number of imidazole rings is 1. The summed E-state index contributed by atoms with van der Waals surface area (Å²) < 4.78 is 0. The Hall–Kier alpha value is -3.15. The minimum absolute atomic E-state index is 0.0574. The maximum atomic E-state index is 12.4. The highest BCUT2D eigenvalue weighted by atomic mass is 16.2. The predicted octanol–water partition coefficient (Wildman–Crippen LogP) is 2.40.